The molecule has 2 unspecified atom stereocenters. The third-order valence-corrected chi connectivity index (χ3v) is 13.7. The lowest BCUT2D eigenvalue weighted by molar-refractivity contribution is -0.134. The number of fused-ring (bicyclic) bond motifs is 4. The zero-order valence-corrected chi connectivity index (χ0v) is 35.6. The van der Waals surface area contributed by atoms with Crippen LogP contribution in [-0.4, -0.2) is 105 Å². The minimum atomic E-state index is -3.13. The molecule has 7 heterocycles. The summed E-state index contributed by atoms with van der Waals surface area (Å²) in [6.45, 7) is 5.41. The summed E-state index contributed by atoms with van der Waals surface area (Å²) in [5.74, 6) is -2.84. The van der Waals surface area contributed by atoms with Crippen LogP contribution in [0.25, 0.3) is 21.8 Å². The van der Waals surface area contributed by atoms with Gasteiger partial charge in [0.05, 0.1) is 46.3 Å². The van der Waals surface area contributed by atoms with E-state index >= 15 is 8.78 Å². The third-order valence-electron chi connectivity index (χ3n) is 13.4. The number of para-hydroxylation sites is 1. The number of amides is 2. The van der Waals surface area contributed by atoms with Crippen molar-refractivity contribution in [2.24, 2.45) is 25.9 Å². The van der Waals surface area contributed by atoms with E-state index in [2.05, 4.69) is 41.7 Å². The molecule has 4 aliphatic heterocycles. The number of benzene rings is 2. The Hall–Kier alpha value is -5.55. The highest BCUT2D eigenvalue weighted by atomic mass is 35.5. The van der Waals surface area contributed by atoms with E-state index in [1.807, 2.05) is 36.0 Å². The number of halogens is 3. The summed E-state index contributed by atoms with van der Waals surface area (Å²) in [7, 11) is 3.53. The molecule has 0 radical (unpaired) electrons. The van der Waals surface area contributed by atoms with Crippen LogP contribution in [-0.2, 0) is 23.7 Å². The second-order valence-corrected chi connectivity index (χ2v) is 18.0. The fourth-order valence-corrected chi connectivity index (χ4v) is 10.1. The number of carbonyl (C=O) groups excluding carboxylic acids is 2. The summed E-state index contributed by atoms with van der Waals surface area (Å²) in [5.41, 5.74) is 3.86. The number of imide groups is 1. The van der Waals surface area contributed by atoms with Crippen molar-refractivity contribution >= 4 is 74.0 Å². The van der Waals surface area contributed by atoms with Crippen molar-refractivity contribution in [1.82, 2.24) is 34.5 Å². The Morgan fingerprint density at radius 2 is 1.77 bits per heavy atom. The van der Waals surface area contributed by atoms with E-state index in [0.717, 1.165) is 87.4 Å². The van der Waals surface area contributed by atoms with Gasteiger partial charge in [-0.1, -0.05) is 23.7 Å². The van der Waals surface area contributed by atoms with Crippen LogP contribution in [0.2, 0.25) is 5.02 Å². The maximum atomic E-state index is 15.2. The number of rotatable bonds is 8. The van der Waals surface area contributed by atoms with Gasteiger partial charge in [0.15, 0.2) is 12.4 Å². The minimum Gasteiger partial charge on any atom is -0.480 e. The first-order valence-electron chi connectivity index (χ1n) is 21.7. The van der Waals surface area contributed by atoms with Gasteiger partial charge < -0.3 is 29.7 Å². The fraction of sp³-hybridized carbons (Fsp3) is 0.500. The number of hydrogen-bond donors (Lipinski definition) is 3. The number of aryl methyl sites for hydroxylation is 2. The van der Waals surface area contributed by atoms with Crippen LogP contribution in [0.3, 0.4) is 0 Å². The number of piperazine rings is 1. The van der Waals surface area contributed by atoms with Crippen molar-refractivity contribution in [1.29, 1.82) is 0 Å². The predicted octanol–water partition coefficient (Wildman–Crippen LogP) is 5.78. The van der Waals surface area contributed by atoms with E-state index in [4.69, 9.17) is 26.4 Å². The second kappa shape index (κ2) is 16.0. The number of ether oxygens (including phenoxy) is 1. The molecule has 3 aromatic heterocycles. The standard InChI is InChI=1S/C44H50ClF2N11O4/c1-54-32-12-10-27(21-30(32)36-38(42(54)61)62-24-44(46,47)39(51-36)26-8-9-26)49-40-31(45)22-48-43(52-40)58-15-4-5-25(14-16-58)23-56-17-19-57(20-18-56)33-7-3-6-28-35(53-55(2)37(28)33)29-11-13-34(59)50-41(29)60/h3,6-7,10,12,21-22,25-26,29,39,51H,4-5,8-9,11,13-20,23-24H2,1-2H3,(H,48,49,52)(H,50,59,60)/t25?,29?,39-/m0/s1. The molecular formula is C44H50ClF2N11O4. The third kappa shape index (κ3) is 7.56. The van der Waals surface area contributed by atoms with Gasteiger partial charge in [-0.15, -0.1) is 0 Å². The lowest BCUT2D eigenvalue weighted by Gasteiger charge is -2.37. The molecule has 15 nitrogen and oxygen atoms in total. The molecule has 10 rings (SSSR count). The van der Waals surface area contributed by atoms with Gasteiger partial charge in [0.2, 0.25) is 23.5 Å². The van der Waals surface area contributed by atoms with Crippen LogP contribution in [0.1, 0.15) is 56.6 Å². The average molecular weight is 870 g/mol. The monoisotopic (exact) mass is 869 g/mol. The summed E-state index contributed by atoms with van der Waals surface area (Å²) in [4.78, 5) is 54.5. The fourth-order valence-electron chi connectivity index (χ4n) is 9.92. The van der Waals surface area contributed by atoms with Gasteiger partial charge in [-0.3, -0.25) is 29.3 Å². The Balaban J connectivity index is 0.789. The van der Waals surface area contributed by atoms with Gasteiger partial charge in [-0.05, 0) is 74.6 Å². The highest BCUT2D eigenvalue weighted by molar-refractivity contribution is 6.33. The van der Waals surface area contributed by atoms with Gasteiger partial charge in [0.25, 0.3) is 5.56 Å². The normalized spacial score (nSPS) is 23.3. The van der Waals surface area contributed by atoms with E-state index in [1.165, 1.54) is 4.57 Å². The van der Waals surface area contributed by atoms with Crippen LogP contribution >= 0.6 is 11.6 Å². The quantitative estimate of drug-likeness (QED) is 0.162. The molecule has 1 saturated carbocycles. The number of pyridine rings is 1. The molecule has 326 valence electrons. The maximum Gasteiger partial charge on any atom is 0.301 e. The topological polar surface area (TPSA) is 155 Å². The molecule has 0 bridgehead atoms. The van der Waals surface area contributed by atoms with Crippen molar-refractivity contribution in [3.05, 3.63) is 63.7 Å². The van der Waals surface area contributed by atoms with Crippen LogP contribution < -0.4 is 36.0 Å². The lowest BCUT2D eigenvalue weighted by atomic mass is 9.92. The Morgan fingerprint density at radius 3 is 2.56 bits per heavy atom. The lowest BCUT2D eigenvalue weighted by Crippen LogP contribution is -2.48. The van der Waals surface area contributed by atoms with Crippen molar-refractivity contribution in [2.45, 2.75) is 62.8 Å². The highest BCUT2D eigenvalue weighted by Gasteiger charge is 2.51. The molecule has 4 fully saturated rings. The maximum absolute atomic E-state index is 15.2. The summed E-state index contributed by atoms with van der Waals surface area (Å²) in [6, 6.07) is 10.5. The van der Waals surface area contributed by atoms with Gasteiger partial charge in [-0.2, -0.15) is 10.1 Å². The number of nitrogens with zero attached hydrogens (tertiary/aromatic N) is 8. The van der Waals surface area contributed by atoms with E-state index in [9.17, 15) is 14.4 Å². The van der Waals surface area contributed by atoms with E-state index in [-0.39, 0.29) is 29.2 Å². The highest BCUT2D eigenvalue weighted by Crippen LogP contribution is 2.46. The average Bonchev–Trinajstić information content (AvgIpc) is 4.09. The molecule has 3 atom stereocenters. The summed E-state index contributed by atoms with van der Waals surface area (Å²) in [5, 5.41) is 15.5. The molecular weight excluding hydrogens is 820 g/mol. The Labute approximate surface area is 361 Å². The van der Waals surface area contributed by atoms with Gasteiger partial charge in [0.1, 0.15) is 5.02 Å². The van der Waals surface area contributed by atoms with Crippen LogP contribution in [0.15, 0.2) is 47.4 Å². The molecule has 5 aliphatic rings. The molecule has 1 aliphatic carbocycles. The summed E-state index contributed by atoms with van der Waals surface area (Å²) < 4.78 is 39.2. The number of nitrogens with one attached hydrogen (secondary N) is 3. The zero-order valence-electron chi connectivity index (χ0n) is 34.8. The number of carbonyl (C=O) groups is 2. The summed E-state index contributed by atoms with van der Waals surface area (Å²) >= 11 is 6.67. The molecule has 62 heavy (non-hydrogen) atoms. The van der Waals surface area contributed by atoms with Crippen LogP contribution in [0.4, 0.5) is 37.6 Å². The van der Waals surface area contributed by atoms with Crippen molar-refractivity contribution in [3.63, 3.8) is 0 Å². The number of aromatic nitrogens is 5. The van der Waals surface area contributed by atoms with Crippen LogP contribution in [0, 0.1) is 11.8 Å². The van der Waals surface area contributed by atoms with E-state index in [0.29, 0.717) is 65.0 Å². The Morgan fingerprint density at radius 1 is 0.952 bits per heavy atom. The molecule has 3 N–H and O–H groups in total. The zero-order chi connectivity index (χ0) is 42.9. The first-order valence-corrected chi connectivity index (χ1v) is 22.0. The molecule has 5 aromatic rings. The summed E-state index contributed by atoms with van der Waals surface area (Å²) in [6.07, 6.45) is 6.88. The smallest absolute Gasteiger partial charge is 0.301 e. The first-order chi connectivity index (χ1) is 29.9. The Kier molecular flexibility index (Phi) is 10.4. The molecule has 18 heteroatoms. The molecule has 2 aromatic carbocycles. The molecule has 3 saturated heterocycles. The minimum absolute atomic E-state index is 0.105. The molecule has 0 spiro atoms. The number of piperidine rings is 1. The first kappa shape index (κ1) is 40.5. The van der Waals surface area contributed by atoms with Gasteiger partial charge in [0, 0.05) is 82.8 Å². The number of hydrogen-bond acceptors (Lipinski definition) is 12. The predicted molar refractivity (Wildman–Crippen MR) is 234 cm³/mol. The largest absolute Gasteiger partial charge is 0.480 e. The van der Waals surface area contributed by atoms with Crippen molar-refractivity contribution in [2.75, 3.05) is 72.9 Å². The number of alkyl halides is 2. The SMILES string of the molecule is Cn1nc(C2CCC(=O)NC2=O)c2cccc(N3CCN(CC4CCCN(c5ncc(Cl)c(Nc6ccc7c(c6)c6c(c(=O)n7C)OCC(F)(F)[C@H](C7CC7)N6)n5)CC4)CC3)c21. The molecule has 2 amide bonds. The second-order valence-electron chi connectivity index (χ2n) is 17.6. The van der Waals surface area contributed by atoms with Crippen LogP contribution in [0.5, 0.6) is 5.75 Å². The number of anilines is 5. The van der Waals surface area contributed by atoms with Crippen molar-refractivity contribution < 1.29 is 23.1 Å². The van der Waals surface area contributed by atoms with E-state index in [1.54, 1.807) is 19.3 Å². The Bertz CT molecular complexity index is 2640. The van der Waals surface area contributed by atoms with Gasteiger partial charge in [-0.25, -0.2) is 13.8 Å². The van der Waals surface area contributed by atoms with Crippen molar-refractivity contribution in [3.8, 4) is 5.75 Å². The van der Waals surface area contributed by atoms with E-state index < -0.39 is 30.0 Å². The van der Waals surface area contributed by atoms with Gasteiger partial charge >= 0.3 is 5.92 Å².